The molecule has 0 saturated carbocycles. The minimum atomic E-state index is -0.761. The summed E-state index contributed by atoms with van der Waals surface area (Å²) in [6, 6.07) is 12.1. The molecule has 0 amide bonds. The fourth-order valence-electron chi connectivity index (χ4n) is 2.69. The summed E-state index contributed by atoms with van der Waals surface area (Å²) in [6.45, 7) is -0.387. The summed E-state index contributed by atoms with van der Waals surface area (Å²) in [4.78, 5) is 22.6. The Morgan fingerprint density at radius 2 is 2.00 bits per heavy atom. The predicted molar refractivity (Wildman–Crippen MR) is 95.6 cm³/mol. The summed E-state index contributed by atoms with van der Waals surface area (Å²) >= 11 is 9.46. The topological polar surface area (TPSA) is 69.4 Å². The van der Waals surface area contributed by atoms with E-state index in [0.717, 1.165) is 0 Å². The molecule has 2 rings (SSSR count). The van der Waals surface area contributed by atoms with E-state index in [4.69, 9.17) is 16.3 Å². The lowest BCUT2D eigenvalue weighted by atomic mass is 9.82. The van der Waals surface area contributed by atoms with Crippen LogP contribution in [0.15, 0.2) is 46.9 Å². The van der Waals surface area contributed by atoms with Crippen LogP contribution in [-0.4, -0.2) is 24.9 Å². The Balaban J connectivity index is 2.58. The molecule has 126 valence electrons. The van der Waals surface area contributed by atoms with Crippen molar-refractivity contribution in [3.8, 4) is 5.75 Å². The average molecular weight is 413 g/mol. The van der Waals surface area contributed by atoms with Gasteiger partial charge in [-0.1, -0.05) is 45.7 Å². The van der Waals surface area contributed by atoms with Gasteiger partial charge in [-0.25, -0.2) is 0 Å². The van der Waals surface area contributed by atoms with Crippen molar-refractivity contribution in [3.05, 3.63) is 73.2 Å². The zero-order valence-electron chi connectivity index (χ0n) is 12.8. The Labute approximate surface area is 152 Å². The molecule has 0 unspecified atom stereocenters. The fourth-order valence-corrected chi connectivity index (χ4v) is 3.45. The second-order valence-corrected chi connectivity index (χ2v) is 6.48. The molecular weight excluding hydrogens is 398 g/mol. The minimum Gasteiger partial charge on any atom is -0.496 e. The van der Waals surface area contributed by atoms with Crippen molar-refractivity contribution in [2.75, 3.05) is 13.7 Å². The van der Waals surface area contributed by atoms with Crippen LogP contribution >= 0.6 is 27.5 Å². The number of nitrogens with zero attached hydrogens (tertiary/aromatic N) is 1. The first-order valence-corrected chi connectivity index (χ1v) is 8.30. The highest BCUT2D eigenvalue weighted by Crippen LogP contribution is 2.40. The largest absolute Gasteiger partial charge is 0.496 e. The van der Waals surface area contributed by atoms with E-state index in [0.29, 0.717) is 32.7 Å². The lowest BCUT2D eigenvalue weighted by Gasteiger charge is -2.23. The van der Waals surface area contributed by atoms with Gasteiger partial charge in [0.15, 0.2) is 0 Å². The molecule has 24 heavy (non-hydrogen) atoms. The summed E-state index contributed by atoms with van der Waals surface area (Å²) < 4.78 is 6.02. The van der Waals surface area contributed by atoms with Crippen LogP contribution in [-0.2, 0) is 4.79 Å². The SMILES string of the molecule is COc1ccc(Cl)cc1[C@@H](C=O)[C@H](C[N+](=O)[O-])c1ccccc1Br. The third-order valence-electron chi connectivity index (χ3n) is 3.78. The van der Waals surface area contributed by atoms with E-state index in [1.165, 1.54) is 7.11 Å². The second kappa shape index (κ2) is 8.26. The normalized spacial score (nSPS) is 13.1. The average Bonchev–Trinajstić information content (AvgIpc) is 2.55. The zero-order valence-corrected chi connectivity index (χ0v) is 15.2. The number of ether oxygens (including phenoxy) is 1. The standard InChI is InChI=1S/C17H15BrClNO4/c1-24-17-7-6-11(19)8-13(17)15(10-21)14(9-20(22)23)12-4-2-3-5-16(12)18/h2-8,10,14-15H,9H2,1H3/t14-,15-/m1/s1. The van der Waals surface area contributed by atoms with Crippen LogP contribution in [0.3, 0.4) is 0 Å². The van der Waals surface area contributed by atoms with Gasteiger partial charge in [-0.15, -0.1) is 0 Å². The summed E-state index contributed by atoms with van der Waals surface area (Å²) in [7, 11) is 1.48. The van der Waals surface area contributed by atoms with Gasteiger partial charge < -0.3 is 9.53 Å². The smallest absolute Gasteiger partial charge is 0.211 e. The molecule has 0 aliphatic rings. The number of carbonyl (C=O) groups excluding carboxylic acids is 1. The van der Waals surface area contributed by atoms with Crippen LogP contribution in [0.2, 0.25) is 5.02 Å². The van der Waals surface area contributed by atoms with E-state index in [1.54, 1.807) is 36.4 Å². The zero-order chi connectivity index (χ0) is 17.7. The van der Waals surface area contributed by atoms with E-state index in [2.05, 4.69) is 15.9 Å². The third kappa shape index (κ3) is 4.13. The highest BCUT2D eigenvalue weighted by atomic mass is 79.9. The summed E-state index contributed by atoms with van der Waals surface area (Å²) in [5.41, 5.74) is 1.22. The van der Waals surface area contributed by atoms with Gasteiger partial charge in [-0.2, -0.15) is 0 Å². The van der Waals surface area contributed by atoms with Gasteiger partial charge in [0.25, 0.3) is 0 Å². The number of hydrogen-bond donors (Lipinski definition) is 0. The number of aldehydes is 1. The van der Waals surface area contributed by atoms with Crippen molar-refractivity contribution >= 4 is 33.8 Å². The van der Waals surface area contributed by atoms with Gasteiger partial charge in [0.2, 0.25) is 6.54 Å². The number of carbonyl (C=O) groups is 1. The van der Waals surface area contributed by atoms with Crippen LogP contribution < -0.4 is 4.74 Å². The first kappa shape index (κ1) is 18.4. The van der Waals surface area contributed by atoms with E-state index in [9.17, 15) is 14.9 Å². The molecule has 0 spiro atoms. The molecule has 2 aromatic rings. The number of nitro groups is 1. The lowest BCUT2D eigenvalue weighted by Crippen LogP contribution is -2.22. The molecule has 2 aromatic carbocycles. The number of halogens is 2. The van der Waals surface area contributed by atoms with Gasteiger partial charge in [-0.05, 0) is 29.8 Å². The predicted octanol–water partition coefficient (Wildman–Crippen LogP) is 4.45. The summed E-state index contributed by atoms with van der Waals surface area (Å²) in [6.07, 6.45) is 0.710. The molecule has 0 aliphatic heterocycles. The van der Waals surface area contributed by atoms with E-state index < -0.39 is 16.8 Å². The molecule has 0 fully saturated rings. The maximum absolute atomic E-state index is 11.9. The molecule has 0 N–H and O–H groups in total. The monoisotopic (exact) mass is 411 g/mol. The van der Waals surface area contributed by atoms with Crippen LogP contribution in [0.25, 0.3) is 0 Å². The van der Waals surface area contributed by atoms with E-state index >= 15 is 0 Å². The number of rotatable bonds is 7. The maximum Gasteiger partial charge on any atom is 0.211 e. The summed E-state index contributed by atoms with van der Waals surface area (Å²) in [5.74, 6) is -0.944. The van der Waals surface area contributed by atoms with E-state index in [1.807, 2.05) is 6.07 Å². The van der Waals surface area contributed by atoms with Crippen molar-refractivity contribution < 1.29 is 14.5 Å². The van der Waals surface area contributed by atoms with Crippen molar-refractivity contribution in [1.82, 2.24) is 0 Å². The first-order valence-electron chi connectivity index (χ1n) is 7.13. The van der Waals surface area contributed by atoms with Crippen molar-refractivity contribution in [2.24, 2.45) is 0 Å². The molecule has 0 saturated heterocycles. The van der Waals surface area contributed by atoms with Gasteiger partial charge >= 0.3 is 0 Å². The maximum atomic E-state index is 11.9. The molecule has 7 heteroatoms. The van der Waals surface area contributed by atoms with Crippen LogP contribution in [0.4, 0.5) is 0 Å². The van der Waals surface area contributed by atoms with Crippen LogP contribution in [0.1, 0.15) is 23.0 Å². The minimum absolute atomic E-state index is 0.387. The highest BCUT2D eigenvalue weighted by molar-refractivity contribution is 9.10. The Morgan fingerprint density at radius 3 is 2.58 bits per heavy atom. The molecular formula is C17H15BrClNO4. The Kier molecular flexibility index (Phi) is 6.34. The van der Waals surface area contributed by atoms with Gasteiger partial charge in [0, 0.05) is 20.0 Å². The molecule has 0 radical (unpaired) electrons. The Bertz CT molecular complexity index is 753. The molecule has 0 bridgehead atoms. The van der Waals surface area contributed by atoms with E-state index in [-0.39, 0.29) is 6.54 Å². The number of benzene rings is 2. The van der Waals surface area contributed by atoms with Crippen LogP contribution in [0, 0.1) is 10.1 Å². The second-order valence-electron chi connectivity index (χ2n) is 5.19. The third-order valence-corrected chi connectivity index (χ3v) is 4.74. The van der Waals surface area contributed by atoms with Crippen molar-refractivity contribution in [3.63, 3.8) is 0 Å². The summed E-state index contributed by atoms with van der Waals surface area (Å²) in [5, 5.41) is 11.6. The quantitative estimate of drug-likeness (QED) is 0.382. The number of methoxy groups -OCH3 is 1. The lowest BCUT2D eigenvalue weighted by molar-refractivity contribution is -0.483. The van der Waals surface area contributed by atoms with Crippen molar-refractivity contribution in [2.45, 2.75) is 11.8 Å². The molecule has 0 heterocycles. The number of hydrogen-bond acceptors (Lipinski definition) is 4. The van der Waals surface area contributed by atoms with Crippen molar-refractivity contribution in [1.29, 1.82) is 0 Å². The Hall–Kier alpha value is -1.92. The Morgan fingerprint density at radius 1 is 1.29 bits per heavy atom. The highest BCUT2D eigenvalue weighted by Gasteiger charge is 2.32. The fraction of sp³-hybridized carbons (Fsp3) is 0.235. The molecule has 0 aromatic heterocycles. The first-order chi connectivity index (χ1) is 11.5. The molecule has 0 aliphatic carbocycles. The van der Waals surface area contributed by atoms with Gasteiger partial charge in [0.05, 0.1) is 18.9 Å². The molecule has 5 nitrogen and oxygen atoms in total. The van der Waals surface area contributed by atoms with Gasteiger partial charge in [-0.3, -0.25) is 10.1 Å². The van der Waals surface area contributed by atoms with Crippen LogP contribution in [0.5, 0.6) is 5.75 Å². The molecule has 2 atom stereocenters. The van der Waals surface area contributed by atoms with Gasteiger partial charge in [0.1, 0.15) is 12.0 Å².